The summed E-state index contributed by atoms with van der Waals surface area (Å²) >= 11 is 3.11. The lowest BCUT2D eigenvalue weighted by atomic mass is 9.80. The molecule has 1 aromatic rings. The van der Waals surface area contributed by atoms with Gasteiger partial charge in [-0.15, -0.1) is 0 Å². The van der Waals surface area contributed by atoms with Gasteiger partial charge in [-0.25, -0.2) is 8.78 Å². The van der Waals surface area contributed by atoms with Crippen LogP contribution in [-0.4, -0.2) is 12.6 Å². The first-order valence-corrected chi connectivity index (χ1v) is 7.44. The molecule has 0 bridgehead atoms. The maximum atomic E-state index is 14.0. The van der Waals surface area contributed by atoms with Crippen molar-refractivity contribution >= 4 is 15.9 Å². The van der Waals surface area contributed by atoms with Gasteiger partial charge in [0.05, 0.1) is 4.47 Å². The van der Waals surface area contributed by atoms with Crippen LogP contribution in [0.15, 0.2) is 16.6 Å². The molecule has 0 spiro atoms. The fourth-order valence-corrected chi connectivity index (χ4v) is 2.29. The Bertz CT molecular complexity index is 434. The Balaban J connectivity index is 2.95. The van der Waals surface area contributed by atoms with E-state index in [9.17, 15) is 8.78 Å². The van der Waals surface area contributed by atoms with Crippen LogP contribution in [-0.2, 0) is 6.42 Å². The highest BCUT2D eigenvalue weighted by molar-refractivity contribution is 9.10. The van der Waals surface area contributed by atoms with Crippen molar-refractivity contribution in [2.45, 2.75) is 46.6 Å². The van der Waals surface area contributed by atoms with Crippen LogP contribution in [0.25, 0.3) is 0 Å². The maximum absolute atomic E-state index is 14.0. The SMILES string of the molecule is CCC(C)(CNC(C)C)Cc1c(F)ccc(Br)c1F. The van der Waals surface area contributed by atoms with Crippen molar-refractivity contribution in [3.05, 3.63) is 33.8 Å². The number of benzene rings is 1. The Kier molecular flexibility index (Phi) is 5.93. The normalized spacial score (nSPS) is 14.7. The Morgan fingerprint density at radius 3 is 2.47 bits per heavy atom. The number of nitrogens with one attached hydrogen (secondary N) is 1. The van der Waals surface area contributed by atoms with Crippen LogP contribution in [0.1, 0.15) is 39.7 Å². The molecule has 1 N–H and O–H groups in total. The molecular formula is C15H22BrF2N. The fraction of sp³-hybridized carbons (Fsp3) is 0.600. The summed E-state index contributed by atoms with van der Waals surface area (Å²) in [6.45, 7) is 8.98. The summed E-state index contributed by atoms with van der Waals surface area (Å²) in [5, 5.41) is 3.35. The standard InChI is InChI=1S/C15H22BrF2N/c1-5-15(4,9-19-10(2)3)8-11-13(17)7-6-12(16)14(11)18/h6-7,10,19H,5,8-9H2,1-4H3. The zero-order valence-corrected chi connectivity index (χ0v) is 13.6. The second-order valence-corrected chi connectivity index (χ2v) is 6.55. The van der Waals surface area contributed by atoms with Crippen molar-refractivity contribution in [3.8, 4) is 0 Å². The first-order valence-electron chi connectivity index (χ1n) is 6.65. The second kappa shape index (κ2) is 6.80. The molecule has 0 aromatic heterocycles. The number of halogens is 3. The Morgan fingerprint density at radius 1 is 1.32 bits per heavy atom. The van der Waals surface area contributed by atoms with E-state index in [1.807, 2.05) is 0 Å². The van der Waals surface area contributed by atoms with Gasteiger partial charge in [-0.1, -0.05) is 27.7 Å². The van der Waals surface area contributed by atoms with E-state index in [-0.39, 0.29) is 11.0 Å². The molecule has 0 amide bonds. The van der Waals surface area contributed by atoms with Crippen LogP contribution >= 0.6 is 15.9 Å². The lowest BCUT2D eigenvalue weighted by Crippen LogP contribution is -2.37. The van der Waals surface area contributed by atoms with E-state index < -0.39 is 11.6 Å². The molecule has 0 saturated heterocycles. The molecule has 0 radical (unpaired) electrons. The highest BCUT2D eigenvalue weighted by atomic mass is 79.9. The quantitative estimate of drug-likeness (QED) is 0.745. The Hall–Kier alpha value is -0.480. The largest absolute Gasteiger partial charge is 0.314 e. The van der Waals surface area contributed by atoms with E-state index >= 15 is 0 Å². The van der Waals surface area contributed by atoms with Crippen LogP contribution in [0, 0.1) is 17.0 Å². The summed E-state index contributed by atoms with van der Waals surface area (Å²) in [6.07, 6.45) is 1.25. The average Bonchev–Trinajstić information content (AvgIpc) is 2.37. The predicted octanol–water partition coefficient (Wildman–Crippen LogP) is 4.68. The molecule has 1 atom stereocenters. The van der Waals surface area contributed by atoms with Gasteiger partial charge in [-0.05, 0) is 46.3 Å². The molecule has 1 aromatic carbocycles. The molecule has 1 rings (SSSR count). The van der Waals surface area contributed by atoms with E-state index in [0.717, 1.165) is 13.0 Å². The molecule has 1 unspecified atom stereocenters. The Labute approximate surface area is 122 Å². The molecular weight excluding hydrogens is 312 g/mol. The van der Waals surface area contributed by atoms with E-state index in [0.29, 0.717) is 16.9 Å². The van der Waals surface area contributed by atoms with Gasteiger partial charge in [-0.3, -0.25) is 0 Å². The zero-order valence-electron chi connectivity index (χ0n) is 12.0. The van der Waals surface area contributed by atoms with Crippen LogP contribution in [0.3, 0.4) is 0 Å². The second-order valence-electron chi connectivity index (χ2n) is 5.70. The molecule has 0 aliphatic carbocycles. The summed E-state index contributed by atoms with van der Waals surface area (Å²) in [5.41, 5.74) is 0.0107. The lowest BCUT2D eigenvalue weighted by Gasteiger charge is -2.30. The topological polar surface area (TPSA) is 12.0 Å². The van der Waals surface area contributed by atoms with Crippen LogP contribution in [0.4, 0.5) is 8.78 Å². The predicted molar refractivity (Wildman–Crippen MR) is 79.3 cm³/mol. The van der Waals surface area contributed by atoms with Crippen molar-refractivity contribution < 1.29 is 8.78 Å². The summed E-state index contributed by atoms with van der Waals surface area (Å²) in [6, 6.07) is 3.08. The Morgan fingerprint density at radius 2 is 1.95 bits per heavy atom. The molecule has 108 valence electrons. The van der Waals surface area contributed by atoms with E-state index in [1.165, 1.54) is 12.1 Å². The third-order valence-electron chi connectivity index (χ3n) is 3.53. The van der Waals surface area contributed by atoms with Crippen LogP contribution in [0.5, 0.6) is 0 Å². The summed E-state index contributed by atoms with van der Waals surface area (Å²) < 4.78 is 28.2. The van der Waals surface area contributed by atoms with Gasteiger partial charge in [0.15, 0.2) is 0 Å². The summed E-state index contributed by atoms with van der Waals surface area (Å²) in [4.78, 5) is 0. The van der Waals surface area contributed by atoms with E-state index in [2.05, 4.69) is 48.9 Å². The highest BCUT2D eigenvalue weighted by Gasteiger charge is 2.26. The van der Waals surface area contributed by atoms with Gasteiger partial charge in [0.25, 0.3) is 0 Å². The molecule has 0 heterocycles. The van der Waals surface area contributed by atoms with Gasteiger partial charge >= 0.3 is 0 Å². The summed E-state index contributed by atoms with van der Waals surface area (Å²) in [7, 11) is 0. The van der Waals surface area contributed by atoms with Crippen LogP contribution < -0.4 is 5.32 Å². The fourth-order valence-electron chi connectivity index (χ4n) is 1.92. The minimum Gasteiger partial charge on any atom is -0.314 e. The number of rotatable bonds is 6. The molecule has 0 aliphatic rings. The minimum atomic E-state index is -0.482. The van der Waals surface area contributed by atoms with Crippen molar-refractivity contribution in [2.75, 3.05) is 6.54 Å². The van der Waals surface area contributed by atoms with Crippen LogP contribution in [0.2, 0.25) is 0 Å². The highest BCUT2D eigenvalue weighted by Crippen LogP contribution is 2.31. The van der Waals surface area contributed by atoms with Gasteiger partial charge in [-0.2, -0.15) is 0 Å². The van der Waals surface area contributed by atoms with E-state index in [4.69, 9.17) is 0 Å². The van der Waals surface area contributed by atoms with Crippen molar-refractivity contribution in [1.82, 2.24) is 5.32 Å². The molecule has 1 nitrogen and oxygen atoms in total. The molecule has 0 fully saturated rings. The van der Waals surface area contributed by atoms with Crippen molar-refractivity contribution in [3.63, 3.8) is 0 Å². The molecule has 4 heteroatoms. The first-order chi connectivity index (χ1) is 8.79. The number of hydrogen-bond donors (Lipinski definition) is 1. The molecule has 19 heavy (non-hydrogen) atoms. The monoisotopic (exact) mass is 333 g/mol. The zero-order chi connectivity index (χ0) is 14.6. The third kappa shape index (κ3) is 4.53. The van der Waals surface area contributed by atoms with Gasteiger partial charge in [0.2, 0.25) is 0 Å². The minimum absolute atomic E-state index is 0.160. The third-order valence-corrected chi connectivity index (χ3v) is 4.15. The number of hydrogen-bond acceptors (Lipinski definition) is 1. The average molecular weight is 334 g/mol. The molecule has 0 aliphatic heterocycles. The van der Waals surface area contributed by atoms with Gasteiger partial charge in [0, 0.05) is 18.2 Å². The first kappa shape index (κ1) is 16.6. The smallest absolute Gasteiger partial charge is 0.143 e. The van der Waals surface area contributed by atoms with Crippen molar-refractivity contribution in [1.29, 1.82) is 0 Å². The summed E-state index contributed by atoms with van der Waals surface area (Å²) in [5.74, 6) is -0.950. The van der Waals surface area contributed by atoms with Gasteiger partial charge < -0.3 is 5.32 Å². The lowest BCUT2D eigenvalue weighted by molar-refractivity contribution is 0.274. The van der Waals surface area contributed by atoms with Crippen molar-refractivity contribution in [2.24, 2.45) is 5.41 Å². The molecule has 0 saturated carbocycles. The van der Waals surface area contributed by atoms with E-state index in [1.54, 1.807) is 0 Å². The van der Waals surface area contributed by atoms with Gasteiger partial charge in [0.1, 0.15) is 11.6 Å². The maximum Gasteiger partial charge on any atom is 0.143 e.